The Morgan fingerprint density at radius 1 is 1.44 bits per heavy atom. The number of carbonyl (C=O) groups excluding carboxylic acids is 1. The highest BCUT2D eigenvalue weighted by Gasteiger charge is 2.20. The van der Waals surface area contributed by atoms with Crippen molar-refractivity contribution in [2.24, 2.45) is 0 Å². The van der Waals surface area contributed by atoms with Crippen LogP contribution >= 0.6 is 15.9 Å². The molecule has 2 aromatic rings. The van der Waals surface area contributed by atoms with Gasteiger partial charge in [-0.25, -0.2) is 4.79 Å². The van der Waals surface area contributed by atoms with Crippen LogP contribution in [0.3, 0.4) is 0 Å². The summed E-state index contributed by atoms with van der Waals surface area (Å²) in [6.45, 7) is 7.43. The van der Waals surface area contributed by atoms with Crippen LogP contribution in [-0.4, -0.2) is 21.2 Å². The summed E-state index contributed by atoms with van der Waals surface area (Å²) >= 11 is 3.42. The summed E-state index contributed by atoms with van der Waals surface area (Å²) in [5.74, 6) is 0. The van der Waals surface area contributed by atoms with Gasteiger partial charge in [-0.3, -0.25) is 9.55 Å². The number of rotatable bonds is 0. The van der Waals surface area contributed by atoms with Crippen LogP contribution in [0.25, 0.3) is 10.9 Å². The zero-order valence-corrected chi connectivity index (χ0v) is 12.4. The Labute approximate surface area is 114 Å². The minimum atomic E-state index is -0.512. The van der Waals surface area contributed by atoms with Gasteiger partial charge in [0.2, 0.25) is 0 Å². The van der Waals surface area contributed by atoms with Gasteiger partial charge in [0.1, 0.15) is 5.60 Å². The van der Waals surface area contributed by atoms with Crippen molar-refractivity contribution in [1.82, 2.24) is 9.55 Å². The molecule has 4 nitrogen and oxygen atoms in total. The molecule has 2 aromatic heterocycles. The number of halogens is 1. The van der Waals surface area contributed by atoms with E-state index in [1.165, 1.54) is 4.57 Å². The van der Waals surface area contributed by atoms with E-state index < -0.39 is 5.60 Å². The van der Waals surface area contributed by atoms with Crippen molar-refractivity contribution >= 4 is 32.9 Å². The number of aryl methyl sites for hydroxylation is 1. The van der Waals surface area contributed by atoms with Gasteiger partial charge in [0, 0.05) is 27.9 Å². The van der Waals surface area contributed by atoms with Crippen molar-refractivity contribution in [2.45, 2.75) is 33.3 Å². The van der Waals surface area contributed by atoms with Crippen molar-refractivity contribution in [3.8, 4) is 0 Å². The molecule has 0 amide bonds. The van der Waals surface area contributed by atoms with E-state index in [2.05, 4.69) is 20.9 Å². The van der Waals surface area contributed by atoms with Crippen LogP contribution in [0.5, 0.6) is 0 Å². The summed E-state index contributed by atoms with van der Waals surface area (Å²) in [5, 5.41) is 0.895. The third-order valence-corrected chi connectivity index (χ3v) is 3.00. The summed E-state index contributed by atoms with van der Waals surface area (Å²) in [6, 6.07) is 1.87. The molecule has 18 heavy (non-hydrogen) atoms. The number of aromatic nitrogens is 2. The van der Waals surface area contributed by atoms with Gasteiger partial charge in [-0.2, -0.15) is 0 Å². The second-order valence-corrected chi connectivity index (χ2v) is 6.02. The predicted octanol–water partition coefficient (Wildman–Crippen LogP) is 3.89. The molecule has 0 aliphatic rings. The Bertz CT molecular complexity index is 611. The summed E-state index contributed by atoms with van der Waals surface area (Å²) in [7, 11) is 0. The van der Waals surface area contributed by atoms with E-state index in [0.717, 1.165) is 21.1 Å². The van der Waals surface area contributed by atoms with E-state index in [-0.39, 0.29) is 6.09 Å². The van der Waals surface area contributed by atoms with Crippen LogP contribution in [0, 0.1) is 6.92 Å². The standard InChI is InChI=1S/C13H15BrN2O2/c1-8-5-11-9(6-15-8)10(14)7-16(11)12(17)18-13(2,3)4/h5-7H,1-4H3. The Hall–Kier alpha value is -1.36. The van der Waals surface area contributed by atoms with Crippen LogP contribution in [0.1, 0.15) is 26.5 Å². The second-order valence-electron chi connectivity index (χ2n) is 5.17. The lowest BCUT2D eigenvalue weighted by Gasteiger charge is -2.19. The molecule has 5 heteroatoms. The third kappa shape index (κ3) is 2.56. The topological polar surface area (TPSA) is 44.1 Å². The van der Waals surface area contributed by atoms with Crippen molar-refractivity contribution in [3.63, 3.8) is 0 Å². The fraction of sp³-hybridized carbons (Fsp3) is 0.385. The van der Waals surface area contributed by atoms with E-state index >= 15 is 0 Å². The summed E-state index contributed by atoms with van der Waals surface area (Å²) in [5.41, 5.74) is 1.14. The molecule has 96 valence electrons. The Morgan fingerprint density at radius 3 is 2.72 bits per heavy atom. The number of hydrogen-bond acceptors (Lipinski definition) is 3. The van der Waals surface area contributed by atoms with Gasteiger partial charge in [0.05, 0.1) is 5.52 Å². The lowest BCUT2D eigenvalue weighted by molar-refractivity contribution is 0.0544. The van der Waals surface area contributed by atoms with E-state index in [1.807, 2.05) is 33.8 Å². The molecule has 0 aliphatic carbocycles. The zero-order chi connectivity index (χ0) is 13.5. The van der Waals surface area contributed by atoms with E-state index in [1.54, 1.807) is 12.4 Å². The van der Waals surface area contributed by atoms with Crippen molar-refractivity contribution in [3.05, 3.63) is 28.6 Å². The average molecular weight is 311 g/mol. The number of hydrogen-bond donors (Lipinski definition) is 0. The molecular formula is C13H15BrN2O2. The highest BCUT2D eigenvalue weighted by atomic mass is 79.9. The molecule has 0 bridgehead atoms. The zero-order valence-electron chi connectivity index (χ0n) is 10.8. The fourth-order valence-electron chi connectivity index (χ4n) is 1.64. The molecule has 0 spiro atoms. The molecule has 2 heterocycles. The Kier molecular flexibility index (Phi) is 3.19. The van der Waals surface area contributed by atoms with Gasteiger partial charge in [-0.15, -0.1) is 0 Å². The Morgan fingerprint density at radius 2 is 2.11 bits per heavy atom. The van der Waals surface area contributed by atoms with Crippen LogP contribution in [0.4, 0.5) is 4.79 Å². The van der Waals surface area contributed by atoms with E-state index in [0.29, 0.717) is 0 Å². The first-order valence-corrected chi connectivity index (χ1v) is 6.44. The molecule has 0 fully saturated rings. The normalized spacial score (nSPS) is 11.8. The first-order chi connectivity index (χ1) is 8.28. The monoisotopic (exact) mass is 310 g/mol. The van der Waals surface area contributed by atoms with Crippen molar-refractivity contribution in [2.75, 3.05) is 0 Å². The van der Waals surface area contributed by atoms with E-state index in [9.17, 15) is 4.79 Å². The smallest absolute Gasteiger partial charge is 0.419 e. The predicted molar refractivity (Wildman–Crippen MR) is 73.8 cm³/mol. The molecule has 0 saturated heterocycles. The van der Waals surface area contributed by atoms with Gasteiger partial charge < -0.3 is 4.74 Å². The minimum absolute atomic E-state index is 0.385. The SMILES string of the molecule is Cc1cc2c(cn1)c(Br)cn2C(=O)OC(C)(C)C. The lowest BCUT2D eigenvalue weighted by Crippen LogP contribution is -2.26. The first-order valence-electron chi connectivity index (χ1n) is 5.64. The second kappa shape index (κ2) is 4.39. The molecule has 0 radical (unpaired) electrons. The summed E-state index contributed by atoms with van der Waals surface area (Å²) in [6.07, 6.45) is 3.07. The van der Waals surface area contributed by atoms with Crippen molar-refractivity contribution in [1.29, 1.82) is 0 Å². The highest BCUT2D eigenvalue weighted by molar-refractivity contribution is 9.10. The largest absolute Gasteiger partial charge is 0.443 e. The van der Waals surface area contributed by atoms with Crippen molar-refractivity contribution < 1.29 is 9.53 Å². The van der Waals surface area contributed by atoms with E-state index in [4.69, 9.17) is 4.74 Å². The van der Waals surface area contributed by atoms with Gasteiger partial charge in [0.25, 0.3) is 0 Å². The fourth-order valence-corrected chi connectivity index (χ4v) is 2.15. The maximum absolute atomic E-state index is 12.1. The number of carbonyl (C=O) groups is 1. The summed E-state index contributed by atoms with van der Waals surface area (Å²) < 4.78 is 7.70. The van der Waals surface area contributed by atoms with Crippen LogP contribution < -0.4 is 0 Å². The minimum Gasteiger partial charge on any atom is -0.443 e. The molecule has 0 saturated carbocycles. The molecule has 0 aromatic carbocycles. The molecular weight excluding hydrogens is 296 g/mol. The quantitative estimate of drug-likeness (QED) is 0.741. The lowest BCUT2D eigenvalue weighted by atomic mass is 10.2. The highest BCUT2D eigenvalue weighted by Crippen LogP contribution is 2.26. The first kappa shape index (κ1) is 13.1. The summed E-state index contributed by atoms with van der Waals surface area (Å²) in [4.78, 5) is 16.3. The van der Waals surface area contributed by atoms with Gasteiger partial charge in [-0.05, 0) is 49.7 Å². The molecule has 0 N–H and O–H groups in total. The maximum Gasteiger partial charge on any atom is 0.419 e. The average Bonchev–Trinajstić information content (AvgIpc) is 2.53. The van der Waals surface area contributed by atoms with Crippen LogP contribution in [0.15, 0.2) is 22.9 Å². The van der Waals surface area contributed by atoms with Gasteiger partial charge in [0.15, 0.2) is 0 Å². The third-order valence-electron chi connectivity index (χ3n) is 2.37. The van der Waals surface area contributed by atoms with Crippen LogP contribution in [0.2, 0.25) is 0 Å². The Balaban J connectivity index is 2.51. The molecule has 0 aliphatic heterocycles. The maximum atomic E-state index is 12.1. The number of ether oxygens (including phenoxy) is 1. The molecule has 0 unspecified atom stereocenters. The van der Waals surface area contributed by atoms with Gasteiger partial charge in [-0.1, -0.05) is 0 Å². The molecule has 2 rings (SSSR count). The number of nitrogens with zero attached hydrogens (tertiary/aromatic N) is 2. The molecule has 0 atom stereocenters. The number of pyridine rings is 1. The van der Waals surface area contributed by atoms with Gasteiger partial charge >= 0.3 is 6.09 Å². The number of fused-ring (bicyclic) bond motifs is 1. The van der Waals surface area contributed by atoms with Crippen LogP contribution in [-0.2, 0) is 4.74 Å².